The fourth-order valence-corrected chi connectivity index (χ4v) is 2.67. The van der Waals surface area contributed by atoms with Crippen LogP contribution in [-0.2, 0) is 17.7 Å². The first-order chi connectivity index (χ1) is 8.92. The van der Waals surface area contributed by atoms with Crippen molar-refractivity contribution in [3.8, 4) is 5.75 Å². The first kappa shape index (κ1) is 12.0. The molecule has 1 saturated heterocycles. The maximum atomic E-state index is 5.93. The summed E-state index contributed by atoms with van der Waals surface area (Å²) in [5, 5.41) is 3.40. The average Bonchev–Trinajstić information content (AvgIpc) is 2.46. The van der Waals surface area contributed by atoms with Gasteiger partial charge in [0.05, 0.1) is 6.61 Å². The van der Waals surface area contributed by atoms with Crippen molar-refractivity contribution < 1.29 is 9.47 Å². The molecule has 2 aliphatic heterocycles. The van der Waals surface area contributed by atoms with E-state index in [1.54, 1.807) is 0 Å². The van der Waals surface area contributed by atoms with Crippen LogP contribution >= 0.6 is 0 Å². The minimum Gasteiger partial charge on any atom is -0.493 e. The van der Waals surface area contributed by atoms with E-state index in [2.05, 4.69) is 23.5 Å². The zero-order chi connectivity index (χ0) is 12.2. The van der Waals surface area contributed by atoms with Gasteiger partial charge in [-0.25, -0.2) is 0 Å². The van der Waals surface area contributed by atoms with Crippen LogP contribution in [0.3, 0.4) is 0 Å². The Bertz CT molecular complexity index is 399. The molecule has 0 radical (unpaired) electrons. The molecule has 0 aromatic heterocycles. The standard InChI is InChI=1S/C15H21NO2/c1-2-15(9-14-10-16-6-3-13(1)14)18-11-12-4-7-17-8-5-12/h1-2,9,12,16H,3-8,10-11H2. The third-order valence-electron chi connectivity index (χ3n) is 3.89. The number of rotatable bonds is 3. The molecule has 0 spiro atoms. The van der Waals surface area contributed by atoms with Crippen molar-refractivity contribution in [1.82, 2.24) is 5.32 Å². The molecule has 3 heteroatoms. The SMILES string of the molecule is c1cc2c(cc1OCC1CCOCC1)CNCC2. The monoisotopic (exact) mass is 247 g/mol. The Kier molecular flexibility index (Phi) is 3.81. The molecule has 0 aliphatic carbocycles. The molecule has 1 aromatic rings. The van der Waals surface area contributed by atoms with Gasteiger partial charge in [-0.1, -0.05) is 6.07 Å². The molecule has 0 bridgehead atoms. The van der Waals surface area contributed by atoms with Crippen molar-refractivity contribution in [3.63, 3.8) is 0 Å². The molecule has 2 aliphatic rings. The topological polar surface area (TPSA) is 30.5 Å². The lowest BCUT2D eigenvalue weighted by Crippen LogP contribution is -2.24. The van der Waals surface area contributed by atoms with E-state index in [0.29, 0.717) is 5.92 Å². The smallest absolute Gasteiger partial charge is 0.119 e. The van der Waals surface area contributed by atoms with E-state index in [1.165, 1.54) is 11.1 Å². The molecule has 1 N–H and O–H groups in total. The molecule has 0 saturated carbocycles. The van der Waals surface area contributed by atoms with Crippen LogP contribution in [-0.4, -0.2) is 26.4 Å². The minimum atomic E-state index is 0.660. The third-order valence-corrected chi connectivity index (χ3v) is 3.89. The fraction of sp³-hybridized carbons (Fsp3) is 0.600. The van der Waals surface area contributed by atoms with Gasteiger partial charge in [0.25, 0.3) is 0 Å². The molecule has 0 atom stereocenters. The van der Waals surface area contributed by atoms with Gasteiger partial charge in [-0.2, -0.15) is 0 Å². The van der Waals surface area contributed by atoms with Crippen molar-refractivity contribution >= 4 is 0 Å². The van der Waals surface area contributed by atoms with Crippen LogP contribution in [0.4, 0.5) is 0 Å². The largest absolute Gasteiger partial charge is 0.493 e. The van der Waals surface area contributed by atoms with Crippen LogP contribution in [0.25, 0.3) is 0 Å². The third kappa shape index (κ3) is 2.85. The second-order valence-corrected chi connectivity index (χ2v) is 5.22. The van der Waals surface area contributed by atoms with E-state index >= 15 is 0 Å². The molecule has 0 amide bonds. The van der Waals surface area contributed by atoms with E-state index in [4.69, 9.17) is 9.47 Å². The predicted octanol–water partition coefficient (Wildman–Crippen LogP) is 2.14. The maximum absolute atomic E-state index is 5.93. The number of hydrogen-bond donors (Lipinski definition) is 1. The van der Waals surface area contributed by atoms with Crippen molar-refractivity contribution in [1.29, 1.82) is 0 Å². The van der Waals surface area contributed by atoms with E-state index in [9.17, 15) is 0 Å². The molecular formula is C15H21NO2. The number of fused-ring (bicyclic) bond motifs is 1. The van der Waals surface area contributed by atoms with Gasteiger partial charge in [0.15, 0.2) is 0 Å². The summed E-state index contributed by atoms with van der Waals surface area (Å²) in [5.41, 5.74) is 2.86. The Morgan fingerprint density at radius 3 is 3.00 bits per heavy atom. The van der Waals surface area contributed by atoms with Crippen LogP contribution in [0.5, 0.6) is 5.75 Å². The van der Waals surface area contributed by atoms with E-state index in [-0.39, 0.29) is 0 Å². The zero-order valence-electron chi connectivity index (χ0n) is 10.8. The fourth-order valence-electron chi connectivity index (χ4n) is 2.67. The molecule has 1 fully saturated rings. The van der Waals surface area contributed by atoms with Gasteiger partial charge in [-0.3, -0.25) is 0 Å². The molecule has 2 heterocycles. The lowest BCUT2D eigenvalue weighted by Gasteiger charge is -2.23. The highest BCUT2D eigenvalue weighted by molar-refractivity contribution is 5.37. The minimum absolute atomic E-state index is 0.660. The van der Waals surface area contributed by atoms with E-state index in [1.807, 2.05) is 0 Å². The maximum Gasteiger partial charge on any atom is 0.119 e. The molecule has 18 heavy (non-hydrogen) atoms. The van der Waals surface area contributed by atoms with Crippen molar-refractivity contribution in [2.24, 2.45) is 5.92 Å². The highest BCUT2D eigenvalue weighted by atomic mass is 16.5. The normalized spacial score (nSPS) is 20.4. The van der Waals surface area contributed by atoms with Crippen molar-refractivity contribution in [3.05, 3.63) is 29.3 Å². The van der Waals surface area contributed by atoms with Gasteiger partial charge in [-0.15, -0.1) is 0 Å². The first-order valence-corrected chi connectivity index (χ1v) is 6.95. The second kappa shape index (κ2) is 5.72. The summed E-state index contributed by atoms with van der Waals surface area (Å²) in [6.45, 7) is 4.68. The van der Waals surface area contributed by atoms with E-state index in [0.717, 1.165) is 57.9 Å². The Labute approximate surface area is 108 Å². The second-order valence-electron chi connectivity index (χ2n) is 5.22. The summed E-state index contributed by atoms with van der Waals surface area (Å²) in [6, 6.07) is 6.53. The summed E-state index contributed by atoms with van der Waals surface area (Å²) in [4.78, 5) is 0. The Morgan fingerprint density at radius 2 is 2.11 bits per heavy atom. The number of benzene rings is 1. The first-order valence-electron chi connectivity index (χ1n) is 6.95. The quantitative estimate of drug-likeness (QED) is 0.887. The molecular weight excluding hydrogens is 226 g/mol. The van der Waals surface area contributed by atoms with Gasteiger partial charge < -0.3 is 14.8 Å². The predicted molar refractivity (Wildman–Crippen MR) is 70.9 cm³/mol. The summed E-state index contributed by atoms with van der Waals surface area (Å²) >= 11 is 0. The highest BCUT2D eigenvalue weighted by Gasteiger charge is 2.15. The van der Waals surface area contributed by atoms with Gasteiger partial charge >= 0.3 is 0 Å². The molecule has 98 valence electrons. The van der Waals surface area contributed by atoms with Gasteiger partial charge in [0.2, 0.25) is 0 Å². The lowest BCUT2D eigenvalue weighted by molar-refractivity contribution is 0.0497. The van der Waals surface area contributed by atoms with Crippen molar-refractivity contribution in [2.75, 3.05) is 26.4 Å². The number of hydrogen-bond acceptors (Lipinski definition) is 3. The molecule has 3 nitrogen and oxygen atoms in total. The van der Waals surface area contributed by atoms with Gasteiger partial charge in [-0.05, 0) is 55.0 Å². The van der Waals surface area contributed by atoms with Crippen LogP contribution in [0.2, 0.25) is 0 Å². The van der Waals surface area contributed by atoms with Crippen LogP contribution < -0.4 is 10.1 Å². The number of ether oxygens (including phenoxy) is 2. The lowest BCUT2D eigenvalue weighted by atomic mass is 10.0. The summed E-state index contributed by atoms with van der Waals surface area (Å²) in [7, 11) is 0. The van der Waals surface area contributed by atoms with Gasteiger partial charge in [0.1, 0.15) is 5.75 Å². The Morgan fingerprint density at radius 1 is 1.22 bits per heavy atom. The Hall–Kier alpha value is -1.06. The number of nitrogens with one attached hydrogen (secondary N) is 1. The summed E-state index contributed by atoms with van der Waals surface area (Å²) in [5.74, 6) is 1.68. The molecule has 0 unspecified atom stereocenters. The summed E-state index contributed by atoms with van der Waals surface area (Å²) < 4.78 is 11.3. The zero-order valence-corrected chi connectivity index (χ0v) is 10.8. The van der Waals surface area contributed by atoms with Crippen LogP contribution in [0.15, 0.2) is 18.2 Å². The van der Waals surface area contributed by atoms with Gasteiger partial charge in [0, 0.05) is 19.8 Å². The van der Waals surface area contributed by atoms with E-state index < -0.39 is 0 Å². The molecule has 1 aromatic carbocycles. The summed E-state index contributed by atoms with van der Waals surface area (Å²) in [6.07, 6.45) is 3.40. The van der Waals surface area contributed by atoms with Crippen LogP contribution in [0, 0.1) is 5.92 Å². The Balaban J connectivity index is 1.58. The van der Waals surface area contributed by atoms with Crippen LogP contribution in [0.1, 0.15) is 24.0 Å². The average molecular weight is 247 g/mol. The van der Waals surface area contributed by atoms with Crippen molar-refractivity contribution in [2.45, 2.75) is 25.8 Å². The molecule has 3 rings (SSSR count). The highest BCUT2D eigenvalue weighted by Crippen LogP contribution is 2.22.